The lowest BCUT2D eigenvalue weighted by molar-refractivity contribution is -0.136. The van der Waals surface area contributed by atoms with Crippen LogP contribution >= 0.6 is 0 Å². The number of unbranched alkanes of at least 4 members (excludes halogenated alkanes) is 4. The molecule has 1 unspecified atom stereocenters. The van der Waals surface area contributed by atoms with Gasteiger partial charge >= 0.3 is 0 Å². The molecule has 0 heterocycles. The van der Waals surface area contributed by atoms with Crippen molar-refractivity contribution in [2.45, 2.75) is 57.6 Å². The van der Waals surface area contributed by atoms with E-state index in [0.29, 0.717) is 26.1 Å². The first-order valence-electron chi connectivity index (χ1n) is 9.72. The van der Waals surface area contributed by atoms with Gasteiger partial charge in [-0.3, -0.25) is 14.6 Å². The number of nitrogens with two attached hydrogens (primary N) is 2. The van der Waals surface area contributed by atoms with Gasteiger partial charge in [0.1, 0.15) is 0 Å². The van der Waals surface area contributed by atoms with E-state index in [1.165, 1.54) is 6.34 Å². The number of aliphatic hydroxyl groups is 1. The minimum Gasteiger partial charge on any atom is -0.365 e. The summed E-state index contributed by atoms with van der Waals surface area (Å²) in [5, 5.41) is 17.9. The molecule has 0 spiro atoms. The van der Waals surface area contributed by atoms with Crippen molar-refractivity contribution < 1.29 is 14.7 Å². The minimum absolute atomic E-state index is 0.284. The summed E-state index contributed by atoms with van der Waals surface area (Å²) in [6, 6.07) is 0. The second kappa shape index (κ2) is 19.0. The van der Waals surface area contributed by atoms with Gasteiger partial charge in [0.25, 0.3) is 5.91 Å². The fourth-order valence-corrected chi connectivity index (χ4v) is 2.28. The van der Waals surface area contributed by atoms with E-state index in [1.54, 1.807) is 0 Å². The van der Waals surface area contributed by atoms with Gasteiger partial charge in [0.05, 0.1) is 6.34 Å². The summed E-state index contributed by atoms with van der Waals surface area (Å²) in [5.74, 6) is 4.14. The summed E-state index contributed by atoms with van der Waals surface area (Å²) in [5.41, 5.74) is 7.73. The summed E-state index contributed by atoms with van der Waals surface area (Å²) in [6.07, 6.45) is 6.37. The van der Waals surface area contributed by atoms with Crippen molar-refractivity contribution in [2.75, 3.05) is 32.7 Å². The molecule has 9 N–H and O–H groups in total. The normalized spacial score (nSPS) is 12.1. The third-order valence-electron chi connectivity index (χ3n) is 3.79. The maximum absolute atomic E-state index is 11.7. The van der Waals surface area contributed by atoms with Crippen LogP contribution in [0, 0.1) is 0 Å². The van der Waals surface area contributed by atoms with Crippen LogP contribution in [0.4, 0.5) is 0 Å². The number of hydrazine groups is 1. The fourth-order valence-electron chi connectivity index (χ4n) is 2.28. The van der Waals surface area contributed by atoms with Crippen LogP contribution in [0.15, 0.2) is 4.99 Å². The van der Waals surface area contributed by atoms with Crippen LogP contribution in [0.3, 0.4) is 0 Å². The van der Waals surface area contributed by atoms with Crippen LogP contribution < -0.4 is 33.0 Å². The predicted molar refractivity (Wildman–Crippen MR) is 107 cm³/mol. The molecule has 0 aromatic carbocycles. The third kappa shape index (κ3) is 17.4. The van der Waals surface area contributed by atoms with E-state index < -0.39 is 12.1 Å². The van der Waals surface area contributed by atoms with Crippen molar-refractivity contribution in [2.24, 2.45) is 16.6 Å². The number of nitrogens with zero attached hydrogens (tertiary/aromatic N) is 1. The van der Waals surface area contributed by atoms with Gasteiger partial charge in [0, 0.05) is 19.5 Å². The standard InChI is InChI=1S/C17H37N7O3/c18-9-7-12-20-10-5-6-13-22-16(26)17(27)24-15(25)8-3-1-2-4-11-21-14-23-19/h14,17,20,27H,1-13,18-19H2,(H,21,23)(H,22,26)(H,24,25). The number of hydrogen-bond donors (Lipinski definition) is 7. The van der Waals surface area contributed by atoms with Gasteiger partial charge in [-0.25, -0.2) is 5.84 Å². The first-order chi connectivity index (χ1) is 13.1. The van der Waals surface area contributed by atoms with Gasteiger partial charge in [0.2, 0.25) is 12.1 Å². The summed E-state index contributed by atoms with van der Waals surface area (Å²) < 4.78 is 0. The van der Waals surface area contributed by atoms with E-state index in [-0.39, 0.29) is 12.3 Å². The minimum atomic E-state index is -1.50. The van der Waals surface area contributed by atoms with Crippen molar-refractivity contribution >= 4 is 18.2 Å². The van der Waals surface area contributed by atoms with Crippen LogP contribution in [-0.2, 0) is 9.59 Å². The zero-order chi connectivity index (χ0) is 20.2. The summed E-state index contributed by atoms with van der Waals surface area (Å²) in [4.78, 5) is 27.4. The highest BCUT2D eigenvalue weighted by atomic mass is 16.3. The molecule has 0 aliphatic carbocycles. The lowest BCUT2D eigenvalue weighted by Crippen LogP contribution is -2.46. The third-order valence-corrected chi connectivity index (χ3v) is 3.79. The Hall–Kier alpha value is -1.75. The average molecular weight is 388 g/mol. The second-order valence-corrected chi connectivity index (χ2v) is 6.23. The van der Waals surface area contributed by atoms with Crippen LogP contribution in [0.1, 0.15) is 51.4 Å². The van der Waals surface area contributed by atoms with Crippen molar-refractivity contribution in [3.05, 3.63) is 0 Å². The number of rotatable bonds is 18. The molecule has 0 aliphatic rings. The lowest BCUT2D eigenvalue weighted by Gasteiger charge is -2.13. The predicted octanol–water partition coefficient (Wildman–Crippen LogP) is -1.30. The van der Waals surface area contributed by atoms with Crippen LogP contribution in [0.5, 0.6) is 0 Å². The number of hydrogen-bond acceptors (Lipinski definition) is 7. The van der Waals surface area contributed by atoms with Crippen molar-refractivity contribution in [3.63, 3.8) is 0 Å². The molecule has 0 saturated heterocycles. The number of aliphatic imine (C=N–C) groups is 1. The van der Waals surface area contributed by atoms with E-state index in [2.05, 4.69) is 26.4 Å². The lowest BCUT2D eigenvalue weighted by atomic mass is 10.1. The summed E-state index contributed by atoms with van der Waals surface area (Å²) >= 11 is 0. The molecule has 2 amide bonds. The van der Waals surface area contributed by atoms with E-state index in [0.717, 1.165) is 51.6 Å². The Bertz CT molecular complexity index is 408. The van der Waals surface area contributed by atoms with E-state index in [9.17, 15) is 14.7 Å². The van der Waals surface area contributed by atoms with E-state index in [1.807, 2.05) is 0 Å². The quantitative estimate of drug-likeness (QED) is 0.0383. The van der Waals surface area contributed by atoms with Crippen molar-refractivity contribution in [1.29, 1.82) is 0 Å². The largest absolute Gasteiger partial charge is 0.365 e. The molecule has 0 aromatic rings. The van der Waals surface area contributed by atoms with Crippen LogP contribution in [-0.4, -0.2) is 62.2 Å². The molecule has 10 heteroatoms. The average Bonchev–Trinajstić information content (AvgIpc) is 2.65. The van der Waals surface area contributed by atoms with Gasteiger partial charge in [-0.05, 0) is 51.7 Å². The maximum Gasteiger partial charge on any atom is 0.269 e. The van der Waals surface area contributed by atoms with E-state index in [4.69, 9.17) is 11.6 Å². The van der Waals surface area contributed by atoms with Gasteiger partial charge in [-0.2, -0.15) is 0 Å². The Labute approximate surface area is 161 Å². The number of nitrogens with one attached hydrogen (secondary N) is 4. The topological polar surface area (TPSA) is 167 Å². The van der Waals surface area contributed by atoms with Crippen molar-refractivity contribution in [1.82, 2.24) is 21.4 Å². The summed E-state index contributed by atoms with van der Waals surface area (Å²) in [6.45, 7) is 3.60. The fraction of sp³-hybridized carbons (Fsp3) is 0.824. The number of carbonyl (C=O) groups is 2. The molecule has 27 heavy (non-hydrogen) atoms. The second-order valence-electron chi connectivity index (χ2n) is 6.23. The SMILES string of the molecule is NCCCNCCCCNC(=O)C(O)NC(=O)CCCCCCN=CNN. The Kier molecular flexibility index (Phi) is 17.8. The highest BCUT2D eigenvalue weighted by molar-refractivity contribution is 5.86. The molecular weight excluding hydrogens is 350 g/mol. The first kappa shape index (κ1) is 25.2. The zero-order valence-electron chi connectivity index (χ0n) is 16.2. The van der Waals surface area contributed by atoms with Crippen LogP contribution in [0.2, 0.25) is 0 Å². The number of aliphatic hydroxyl groups excluding tert-OH is 1. The highest BCUT2D eigenvalue weighted by Gasteiger charge is 2.16. The maximum atomic E-state index is 11.7. The molecule has 10 nitrogen and oxygen atoms in total. The van der Waals surface area contributed by atoms with Gasteiger partial charge in [-0.1, -0.05) is 12.8 Å². The molecule has 0 bridgehead atoms. The van der Waals surface area contributed by atoms with Gasteiger partial charge in [-0.15, -0.1) is 0 Å². The Balaban J connectivity index is 3.57. The molecule has 0 saturated carbocycles. The summed E-state index contributed by atoms with van der Waals surface area (Å²) in [7, 11) is 0. The Morgan fingerprint density at radius 1 is 1.00 bits per heavy atom. The smallest absolute Gasteiger partial charge is 0.269 e. The highest BCUT2D eigenvalue weighted by Crippen LogP contribution is 2.03. The monoisotopic (exact) mass is 387 g/mol. The molecule has 0 aromatic heterocycles. The van der Waals surface area contributed by atoms with Crippen molar-refractivity contribution in [3.8, 4) is 0 Å². The molecule has 0 rings (SSSR count). The molecular formula is C17H37N7O3. The van der Waals surface area contributed by atoms with Gasteiger partial charge < -0.3 is 32.2 Å². The molecule has 158 valence electrons. The molecule has 0 fully saturated rings. The molecule has 0 aliphatic heterocycles. The molecule has 1 atom stereocenters. The van der Waals surface area contributed by atoms with E-state index >= 15 is 0 Å². The molecule has 0 radical (unpaired) electrons. The Morgan fingerprint density at radius 2 is 1.70 bits per heavy atom. The first-order valence-corrected chi connectivity index (χ1v) is 9.72. The number of carbonyl (C=O) groups excluding carboxylic acids is 2. The zero-order valence-corrected chi connectivity index (χ0v) is 16.2. The van der Waals surface area contributed by atoms with Crippen LogP contribution in [0.25, 0.3) is 0 Å². The van der Waals surface area contributed by atoms with Gasteiger partial charge in [0.15, 0.2) is 0 Å². The number of amides is 2. The Morgan fingerprint density at radius 3 is 2.44 bits per heavy atom.